The van der Waals surface area contributed by atoms with E-state index in [-0.39, 0.29) is 12.5 Å². The maximum atomic E-state index is 13.1. The lowest BCUT2D eigenvalue weighted by Crippen LogP contribution is -2.50. The second-order valence-electron chi connectivity index (χ2n) is 7.95. The van der Waals surface area contributed by atoms with Crippen molar-refractivity contribution >= 4 is 33.1 Å². The van der Waals surface area contributed by atoms with Crippen molar-refractivity contribution in [1.82, 2.24) is 19.0 Å². The van der Waals surface area contributed by atoms with E-state index in [2.05, 4.69) is 10.4 Å². The molecule has 1 fully saturated rings. The van der Waals surface area contributed by atoms with Crippen LogP contribution in [0.25, 0.3) is 0 Å². The summed E-state index contributed by atoms with van der Waals surface area (Å²) in [6, 6.07) is 11.3. The van der Waals surface area contributed by atoms with Crippen molar-refractivity contribution < 1.29 is 13.2 Å². The van der Waals surface area contributed by atoms with E-state index in [1.807, 2.05) is 48.4 Å². The lowest BCUT2D eigenvalue weighted by atomic mass is 10.2. The maximum absolute atomic E-state index is 13.1. The zero-order valence-electron chi connectivity index (χ0n) is 18.2. The van der Waals surface area contributed by atoms with Crippen LogP contribution in [0.1, 0.15) is 16.0 Å². The molecule has 0 bridgehead atoms. The number of benzene rings is 1. The molecule has 1 saturated heterocycles. The van der Waals surface area contributed by atoms with Crippen LogP contribution in [0.15, 0.2) is 52.9 Å². The third-order valence-corrected chi connectivity index (χ3v) is 8.43. The second kappa shape index (κ2) is 9.53. The number of amides is 1. The summed E-state index contributed by atoms with van der Waals surface area (Å²) in [6.07, 6.45) is 1.67. The number of aryl methyl sites for hydroxylation is 2. The van der Waals surface area contributed by atoms with Gasteiger partial charge in [0.2, 0.25) is 15.9 Å². The molecule has 0 spiro atoms. The summed E-state index contributed by atoms with van der Waals surface area (Å²) < 4.78 is 29.5. The monoisotopic (exact) mass is 473 g/mol. The zero-order valence-corrected chi connectivity index (χ0v) is 19.8. The van der Waals surface area contributed by atoms with Crippen molar-refractivity contribution in [3.63, 3.8) is 0 Å². The van der Waals surface area contributed by atoms with Gasteiger partial charge in [0.25, 0.3) is 0 Å². The zero-order chi connectivity index (χ0) is 22.7. The standard InChI is InChI=1S/C22H27N5O3S2/c1-17-5-6-18(2)20(14-17)32(29,30)26-11-9-25(10-12-26)16-22(28)24-21-7-8-23-27(21)15-19-4-3-13-31-19/h3-8,13-14H,9-12,15-16H2,1-2H3,(H,24,28). The van der Waals surface area contributed by atoms with E-state index in [0.717, 1.165) is 16.0 Å². The van der Waals surface area contributed by atoms with E-state index in [1.165, 1.54) is 4.31 Å². The van der Waals surface area contributed by atoms with Gasteiger partial charge in [-0.15, -0.1) is 11.3 Å². The number of nitrogens with one attached hydrogen (secondary N) is 1. The summed E-state index contributed by atoms with van der Waals surface area (Å²) in [7, 11) is -3.54. The number of carbonyl (C=O) groups is 1. The van der Waals surface area contributed by atoms with E-state index in [1.54, 1.807) is 34.3 Å². The number of piperazine rings is 1. The smallest absolute Gasteiger partial charge is 0.243 e. The minimum absolute atomic E-state index is 0.135. The van der Waals surface area contributed by atoms with Crippen LogP contribution in [-0.4, -0.2) is 66.0 Å². The number of hydrogen-bond acceptors (Lipinski definition) is 6. The van der Waals surface area contributed by atoms with Crippen LogP contribution in [0.2, 0.25) is 0 Å². The van der Waals surface area contributed by atoms with Gasteiger partial charge in [0.05, 0.1) is 24.2 Å². The summed E-state index contributed by atoms with van der Waals surface area (Å²) in [4.78, 5) is 16.1. The number of sulfonamides is 1. The van der Waals surface area contributed by atoms with Crippen molar-refractivity contribution in [2.75, 3.05) is 38.0 Å². The molecule has 0 unspecified atom stereocenters. The summed E-state index contributed by atoms with van der Waals surface area (Å²) >= 11 is 1.64. The normalized spacial score (nSPS) is 15.7. The molecule has 3 aromatic rings. The van der Waals surface area contributed by atoms with E-state index in [0.29, 0.717) is 43.4 Å². The molecule has 1 aliphatic heterocycles. The fourth-order valence-corrected chi connectivity index (χ4v) is 6.17. The molecule has 4 rings (SSSR count). The number of anilines is 1. The average molecular weight is 474 g/mol. The predicted octanol–water partition coefficient (Wildman–Crippen LogP) is 2.55. The molecule has 170 valence electrons. The van der Waals surface area contributed by atoms with Gasteiger partial charge in [-0.05, 0) is 42.5 Å². The first-order valence-corrected chi connectivity index (χ1v) is 12.8. The van der Waals surface area contributed by atoms with Crippen LogP contribution < -0.4 is 5.32 Å². The Balaban J connectivity index is 1.32. The SMILES string of the molecule is Cc1ccc(C)c(S(=O)(=O)N2CCN(CC(=O)Nc3ccnn3Cc3cccs3)CC2)c1. The number of carbonyl (C=O) groups excluding carboxylic acids is 1. The number of hydrogen-bond donors (Lipinski definition) is 1. The molecule has 1 amide bonds. The third-order valence-electron chi connectivity index (χ3n) is 5.53. The van der Waals surface area contributed by atoms with Gasteiger partial charge in [-0.3, -0.25) is 9.69 Å². The predicted molar refractivity (Wildman–Crippen MR) is 125 cm³/mol. The molecule has 3 heterocycles. The first-order chi connectivity index (χ1) is 15.3. The van der Waals surface area contributed by atoms with Crippen LogP contribution in [0.4, 0.5) is 5.82 Å². The number of thiophene rings is 1. The molecule has 2 aromatic heterocycles. The highest BCUT2D eigenvalue weighted by Gasteiger charge is 2.30. The van der Waals surface area contributed by atoms with E-state index in [4.69, 9.17) is 0 Å². The van der Waals surface area contributed by atoms with Crippen LogP contribution in [-0.2, 0) is 21.4 Å². The van der Waals surface area contributed by atoms with E-state index >= 15 is 0 Å². The fourth-order valence-electron chi connectivity index (χ4n) is 3.75. The Hall–Kier alpha value is -2.53. The Morgan fingerprint density at radius 3 is 2.62 bits per heavy atom. The summed E-state index contributed by atoms with van der Waals surface area (Å²) in [5.74, 6) is 0.517. The van der Waals surface area contributed by atoms with Gasteiger partial charge in [-0.25, -0.2) is 13.1 Å². The molecular weight excluding hydrogens is 446 g/mol. The highest BCUT2D eigenvalue weighted by Crippen LogP contribution is 2.22. The van der Waals surface area contributed by atoms with Crippen LogP contribution in [0.5, 0.6) is 0 Å². The Labute approximate surface area is 192 Å². The van der Waals surface area contributed by atoms with Crippen LogP contribution >= 0.6 is 11.3 Å². The van der Waals surface area contributed by atoms with Gasteiger partial charge in [0.15, 0.2) is 0 Å². The lowest BCUT2D eigenvalue weighted by molar-refractivity contribution is -0.117. The van der Waals surface area contributed by atoms with Gasteiger partial charge in [-0.1, -0.05) is 18.2 Å². The highest BCUT2D eigenvalue weighted by atomic mass is 32.2. The molecule has 0 aliphatic carbocycles. The summed E-state index contributed by atoms with van der Waals surface area (Å²) in [5, 5.41) is 9.23. The fraction of sp³-hybridized carbons (Fsp3) is 0.364. The van der Waals surface area contributed by atoms with Crippen molar-refractivity contribution in [2.24, 2.45) is 0 Å². The van der Waals surface area contributed by atoms with Gasteiger partial charge < -0.3 is 5.32 Å². The lowest BCUT2D eigenvalue weighted by Gasteiger charge is -2.33. The number of rotatable bonds is 7. The van der Waals surface area contributed by atoms with Gasteiger partial charge in [0.1, 0.15) is 5.82 Å². The molecule has 32 heavy (non-hydrogen) atoms. The van der Waals surface area contributed by atoms with Crippen molar-refractivity contribution in [3.05, 3.63) is 64.0 Å². The van der Waals surface area contributed by atoms with Crippen molar-refractivity contribution in [2.45, 2.75) is 25.3 Å². The van der Waals surface area contributed by atoms with Crippen molar-refractivity contribution in [3.8, 4) is 0 Å². The summed E-state index contributed by atoms with van der Waals surface area (Å²) in [6.45, 7) is 6.25. The van der Waals surface area contributed by atoms with Crippen LogP contribution in [0.3, 0.4) is 0 Å². The van der Waals surface area contributed by atoms with Crippen LogP contribution in [0, 0.1) is 13.8 Å². The largest absolute Gasteiger partial charge is 0.310 e. The van der Waals surface area contributed by atoms with E-state index in [9.17, 15) is 13.2 Å². The molecule has 0 saturated carbocycles. The molecule has 0 atom stereocenters. The Kier molecular flexibility index (Phi) is 6.75. The maximum Gasteiger partial charge on any atom is 0.243 e. The average Bonchev–Trinajstić information content (AvgIpc) is 3.43. The third kappa shape index (κ3) is 5.09. The number of aromatic nitrogens is 2. The van der Waals surface area contributed by atoms with Gasteiger partial charge in [-0.2, -0.15) is 9.40 Å². The van der Waals surface area contributed by atoms with Gasteiger partial charge >= 0.3 is 0 Å². The Morgan fingerprint density at radius 2 is 1.91 bits per heavy atom. The highest BCUT2D eigenvalue weighted by molar-refractivity contribution is 7.89. The molecule has 1 aliphatic rings. The molecule has 0 radical (unpaired) electrons. The van der Waals surface area contributed by atoms with Gasteiger partial charge in [0, 0.05) is 37.1 Å². The molecule has 1 aromatic carbocycles. The topological polar surface area (TPSA) is 87.5 Å². The molecule has 1 N–H and O–H groups in total. The minimum atomic E-state index is -3.54. The Bertz CT molecular complexity index is 1180. The first-order valence-electron chi connectivity index (χ1n) is 10.5. The quantitative estimate of drug-likeness (QED) is 0.570. The minimum Gasteiger partial charge on any atom is -0.310 e. The van der Waals surface area contributed by atoms with Crippen molar-refractivity contribution in [1.29, 1.82) is 0 Å². The molecule has 10 heteroatoms. The molecular formula is C22H27N5O3S2. The number of nitrogens with zero attached hydrogens (tertiary/aromatic N) is 4. The Morgan fingerprint density at radius 1 is 1.12 bits per heavy atom. The summed E-state index contributed by atoms with van der Waals surface area (Å²) in [5.41, 5.74) is 1.67. The first kappa shape index (κ1) is 22.7. The molecule has 8 nitrogen and oxygen atoms in total. The second-order valence-corrected chi connectivity index (χ2v) is 10.9. The van der Waals surface area contributed by atoms with E-state index < -0.39 is 10.0 Å².